The first-order chi connectivity index (χ1) is 11.4. The van der Waals surface area contributed by atoms with Gasteiger partial charge in [-0.15, -0.1) is 0 Å². The zero-order valence-electron chi connectivity index (χ0n) is 15.1. The van der Waals surface area contributed by atoms with E-state index in [1.165, 1.54) is 6.42 Å². The largest absolute Gasteiger partial charge is 0.463 e. The number of carbonyl (C=O) groups excluding carboxylic acids is 1. The lowest BCUT2D eigenvalue weighted by atomic mass is 9.51. The lowest BCUT2D eigenvalue weighted by Gasteiger charge is -2.57. The zero-order chi connectivity index (χ0) is 17.2. The standard InChI is InChI=1S/C20H28O4/c1-5-23-16(21)7-8-18(2)15(22-4)6-9-20-11-13-10-14(17(18)20)24-19(13,3)12-20/h6-9,13-15,17H,5,10-12H2,1-4H3/b8-7+/t13-,14+,15-,17+,18-,19+,20+/m1/s1. The predicted octanol–water partition coefficient (Wildman–Crippen LogP) is 3.27. The lowest BCUT2D eigenvalue weighted by molar-refractivity contribution is -0.167. The summed E-state index contributed by atoms with van der Waals surface area (Å²) < 4.78 is 17.4. The highest BCUT2D eigenvalue weighted by atomic mass is 16.5. The molecule has 4 heteroatoms. The van der Waals surface area contributed by atoms with E-state index >= 15 is 0 Å². The van der Waals surface area contributed by atoms with Crippen LogP contribution in [0, 0.1) is 22.7 Å². The van der Waals surface area contributed by atoms with E-state index < -0.39 is 0 Å². The van der Waals surface area contributed by atoms with Gasteiger partial charge < -0.3 is 14.2 Å². The third kappa shape index (κ3) is 2.02. The summed E-state index contributed by atoms with van der Waals surface area (Å²) in [4.78, 5) is 11.9. The summed E-state index contributed by atoms with van der Waals surface area (Å²) in [6, 6.07) is 0. The average Bonchev–Trinajstić information content (AvgIpc) is 2.88. The first-order valence-electron chi connectivity index (χ1n) is 9.13. The first-order valence-corrected chi connectivity index (χ1v) is 9.13. The van der Waals surface area contributed by atoms with E-state index in [9.17, 15) is 4.79 Å². The normalized spacial score (nSPS) is 51.3. The van der Waals surface area contributed by atoms with E-state index in [0.717, 1.165) is 12.8 Å². The molecule has 4 fully saturated rings. The molecule has 4 bridgehead atoms. The van der Waals surface area contributed by atoms with Gasteiger partial charge in [0.05, 0.1) is 24.4 Å². The van der Waals surface area contributed by atoms with E-state index in [-0.39, 0.29) is 34.6 Å². The van der Waals surface area contributed by atoms with E-state index in [1.54, 1.807) is 13.2 Å². The molecule has 0 amide bonds. The van der Waals surface area contributed by atoms with Gasteiger partial charge in [0.15, 0.2) is 0 Å². The van der Waals surface area contributed by atoms with Gasteiger partial charge in [0.2, 0.25) is 0 Å². The smallest absolute Gasteiger partial charge is 0.330 e. The molecule has 7 atom stereocenters. The predicted molar refractivity (Wildman–Crippen MR) is 90.4 cm³/mol. The van der Waals surface area contributed by atoms with Gasteiger partial charge in [-0.05, 0) is 44.4 Å². The van der Waals surface area contributed by atoms with Crippen molar-refractivity contribution in [3.05, 3.63) is 24.3 Å². The molecule has 2 saturated carbocycles. The molecule has 0 unspecified atom stereocenters. The zero-order valence-corrected chi connectivity index (χ0v) is 15.1. The maximum atomic E-state index is 11.9. The van der Waals surface area contributed by atoms with Crippen LogP contribution in [-0.2, 0) is 19.0 Å². The van der Waals surface area contributed by atoms with Crippen LogP contribution in [0.1, 0.15) is 40.0 Å². The van der Waals surface area contributed by atoms with Gasteiger partial charge >= 0.3 is 5.97 Å². The van der Waals surface area contributed by atoms with Crippen LogP contribution in [0.15, 0.2) is 24.3 Å². The van der Waals surface area contributed by atoms with Crippen molar-refractivity contribution in [3.8, 4) is 0 Å². The van der Waals surface area contributed by atoms with Crippen LogP contribution in [0.3, 0.4) is 0 Å². The molecule has 4 nitrogen and oxygen atoms in total. The van der Waals surface area contributed by atoms with Crippen molar-refractivity contribution in [1.29, 1.82) is 0 Å². The fraction of sp³-hybridized carbons (Fsp3) is 0.750. The number of allylic oxidation sites excluding steroid dienone is 1. The van der Waals surface area contributed by atoms with Gasteiger partial charge in [-0.1, -0.05) is 25.2 Å². The Morgan fingerprint density at radius 2 is 2.21 bits per heavy atom. The van der Waals surface area contributed by atoms with Crippen LogP contribution in [0.5, 0.6) is 0 Å². The summed E-state index contributed by atoms with van der Waals surface area (Å²) in [6.45, 7) is 6.72. The van der Waals surface area contributed by atoms with Gasteiger partial charge in [0.25, 0.3) is 0 Å². The van der Waals surface area contributed by atoms with Crippen LogP contribution < -0.4 is 0 Å². The van der Waals surface area contributed by atoms with E-state index in [4.69, 9.17) is 14.2 Å². The van der Waals surface area contributed by atoms with Crippen molar-refractivity contribution >= 4 is 5.97 Å². The van der Waals surface area contributed by atoms with E-state index in [1.807, 2.05) is 13.0 Å². The second-order valence-electron chi connectivity index (χ2n) is 8.46. The van der Waals surface area contributed by atoms with Crippen molar-refractivity contribution < 1.29 is 19.0 Å². The fourth-order valence-corrected chi connectivity index (χ4v) is 6.38. The van der Waals surface area contributed by atoms with E-state index in [2.05, 4.69) is 26.0 Å². The number of ether oxygens (including phenoxy) is 3. The number of hydrogen-bond acceptors (Lipinski definition) is 4. The Balaban J connectivity index is 1.73. The Morgan fingerprint density at radius 1 is 1.42 bits per heavy atom. The third-order valence-electron chi connectivity index (χ3n) is 7.10. The molecular weight excluding hydrogens is 304 g/mol. The minimum atomic E-state index is -0.281. The molecule has 0 aromatic carbocycles. The van der Waals surface area contributed by atoms with Crippen molar-refractivity contribution in [2.24, 2.45) is 22.7 Å². The Hall–Kier alpha value is -1.13. The number of esters is 1. The molecule has 5 rings (SSSR count). The van der Waals surface area contributed by atoms with Crippen LogP contribution in [0.2, 0.25) is 0 Å². The Labute approximate surface area is 144 Å². The maximum absolute atomic E-state index is 11.9. The SMILES string of the molecule is CCOC(=O)/C=C/[C@@]1(C)[C@@H]2[C@@H]3C[C@@H]4C[C@@]2(C=C[C@H]1OC)C[C@]4(C)O3. The van der Waals surface area contributed by atoms with Gasteiger partial charge in [-0.2, -0.15) is 0 Å². The second-order valence-corrected chi connectivity index (χ2v) is 8.46. The summed E-state index contributed by atoms with van der Waals surface area (Å²) in [5.41, 5.74) is -0.0435. The fourth-order valence-electron chi connectivity index (χ4n) is 6.38. The molecule has 0 aromatic rings. The Bertz CT molecular complexity index is 611. The molecule has 24 heavy (non-hydrogen) atoms. The molecule has 132 valence electrons. The second kappa shape index (κ2) is 5.18. The molecule has 0 aromatic heterocycles. The monoisotopic (exact) mass is 332 g/mol. The van der Waals surface area contributed by atoms with Crippen molar-refractivity contribution in [1.82, 2.24) is 0 Å². The number of carbonyl (C=O) groups is 1. The molecule has 0 radical (unpaired) electrons. The Kier molecular flexibility index (Phi) is 3.53. The van der Waals surface area contributed by atoms with Gasteiger partial charge in [0, 0.05) is 24.5 Å². The molecule has 2 heterocycles. The van der Waals surface area contributed by atoms with Gasteiger partial charge in [-0.25, -0.2) is 4.79 Å². The first kappa shape index (κ1) is 16.3. The van der Waals surface area contributed by atoms with Gasteiger partial charge in [-0.3, -0.25) is 0 Å². The van der Waals surface area contributed by atoms with Crippen LogP contribution in [0.25, 0.3) is 0 Å². The summed E-state index contributed by atoms with van der Waals surface area (Å²) >= 11 is 0. The molecule has 2 aliphatic heterocycles. The quantitative estimate of drug-likeness (QED) is 0.450. The Morgan fingerprint density at radius 3 is 2.88 bits per heavy atom. The van der Waals surface area contributed by atoms with Gasteiger partial charge in [0.1, 0.15) is 0 Å². The molecule has 1 spiro atoms. The molecule has 5 aliphatic rings. The number of hydrogen-bond donors (Lipinski definition) is 0. The van der Waals surface area contributed by atoms with E-state index in [0.29, 0.717) is 18.4 Å². The van der Waals surface area contributed by atoms with Crippen LogP contribution in [-0.4, -0.2) is 37.5 Å². The molecular formula is C20H28O4. The van der Waals surface area contributed by atoms with Crippen molar-refractivity contribution in [3.63, 3.8) is 0 Å². The summed E-state index contributed by atoms with van der Waals surface area (Å²) in [7, 11) is 1.75. The highest BCUT2D eigenvalue weighted by Gasteiger charge is 2.71. The van der Waals surface area contributed by atoms with Crippen molar-refractivity contribution in [2.75, 3.05) is 13.7 Å². The minimum absolute atomic E-state index is 0.0389. The summed E-state index contributed by atoms with van der Waals surface area (Å²) in [5.74, 6) is 0.731. The van der Waals surface area contributed by atoms with Crippen LogP contribution >= 0.6 is 0 Å². The lowest BCUT2D eigenvalue weighted by Crippen LogP contribution is -2.57. The minimum Gasteiger partial charge on any atom is -0.463 e. The molecule has 0 N–H and O–H groups in total. The summed E-state index contributed by atoms with van der Waals surface area (Å²) in [6.07, 6.45) is 11.8. The number of rotatable bonds is 4. The highest BCUT2D eigenvalue weighted by molar-refractivity contribution is 5.82. The molecule has 3 aliphatic carbocycles. The van der Waals surface area contributed by atoms with Crippen LogP contribution in [0.4, 0.5) is 0 Å². The number of methoxy groups -OCH3 is 1. The summed E-state index contributed by atoms with van der Waals surface area (Å²) in [5, 5.41) is 0. The molecule has 2 saturated heterocycles. The maximum Gasteiger partial charge on any atom is 0.330 e. The topological polar surface area (TPSA) is 44.8 Å². The average molecular weight is 332 g/mol. The highest BCUT2D eigenvalue weighted by Crippen LogP contribution is 2.71. The third-order valence-corrected chi connectivity index (χ3v) is 7.10. The van der Waals surface area contributed by atoms with Crippen molar-refractivity contribution in [2.45, 2.75) is 57.8 Å².